The number of anilines is 2. The third-order valence-corrected chi connectivity index (χ3v) is 8.07. The standard InChI is InChI=1S/C28H32N6OS/c1-34(2)26-23-5-3-4-6-24(23)32-28(33-26)31-21-10-8-20(9-11-21)29-16-22-17-36-27(30-22)19-7-12-25-18(15-19)13-14-35-25/h3-7,12,15,17,20-21,29H,8-11,13-14,16H2,1-2H3,(H,31,32,33)/t20-,21+. The molecule has 36 heavy (non-hydrogen) atoms. The van der Waals surface area contributed by atoms with Crippen molar-refractivity contribution in [2.45, 2.75) is 50.7 Å². The Balaban J connectivity index is 1.02. The van der Waals surface area contributed by atoms with Gasteiger partial charge in [-0.2, -0.15) is 4.98 Å². The van der Waals surface area contributed by atoms with E-state index in [1.165, 1.54) is 11.1 Å². The van der Waals surface area contributed by atoms with E-state index in [9.17, 15) is 0 Å². The number of aromatic nitrogens is 3. The van der Waals surface area contributed by atoms with Gasteiger partial charge in [0.1, 0.15) is 16.6 Å². The summed E-state index contributed by atoms with van der Waals surface area (Å²) in [6, 6.07) is 15.5. The van der Waals surface area contributed by atoms with Gasteiger partial charge in [0.15, 0.2) is 0 Å². The number of fused-ring (bicyclic) bond motifs is 2. The van der Waals surface area contributed by atoms with Gasteiger partial charge >= 0.3 is 0 Å². The van der Waals surface area contributed by atoms with E-state index in [1.54, 1.807) is 11.3 Å². The van der Waals surface area contributed by atoms with Crippen LogP contribution in [0.1, 0.15) is 36.9 Å². The molecule has 1 aliphatic carbocycles. The van der Waals surface area contributed by atoms with Gasteiger partial charge in [0.25, 0.3) is 0 Å². The van der Waals surface area contributed by atoms with Gasteiger partial charge in [-0.15, -0.1) is 11.3 Å². The molecule has 0 unspecified atom stereocenters. The molecule has 0 amide bonds. The van der Waals surface area contributed by atoms with Crippen LogP contribution in [0.2, 0.25) is 0 Å². The molecule has 2 aromatic heterocycles. The van der Waals surface area contributed by atoms with Crippen molar-refractivity contribution in [3.8, 4) is 16.3 Å². The Morgan fingerprint density at radius 3 is 2.69 bits per heavy atom. The summed E-state index contributed by atoms with van der Waals surface area (Å²) in [6.45, 7) is 1.60. The monoisotopic (exact) mass is 500 g/mol. The molecule has 2 N–H and O–H groups in total. The Hall–Kier alpha value is -3.23. The molecule has 0 saturated heterocycles. The maximum Gasteiger partial charge on any atom is 0.225 e. The minimum atomic E-state index is 0.397. The lowest BCUT2D eigenvalue weighted by molar-refractivity contribution is 0.351. The maximum atomic E-state index is 5.63. The van der Waals surface area contributed by atoms with Gasteiger partial charge in [-0.25, -0.2) is 9.97 Å². The number of hydrogen-bond donors (Lipinski definition) is 2. The lowest BCUT2D eigenvalue weighted by Crippen LogP contribution is -2.37. The molecule has 1 aliphatic heterocycles. The number of rotatable bonds is 7. The number of benzene rings is 2. The summed E-state index contributed by atoms with van der Waals surface area (Å²) < 4.78 is 5.63. The van der Waals surface area contributed by atoms with E-state index in [1.807, 2.05) is 26.2 Å². The number of para-hydroxylation sites is 1. The highest BCUT2D eigenvalue weighted by atomic mass is 32.1. The molecule has 3 heterocycles. The molecule has 1 fully saturated rings. The summed E-state index contributed by atoms with van der Waals surface area (Å²) in [6.07, 6.45) is 5.46. The molecule has 1 saturated carbocycles. The number of thiazole rings is 1. The molecular weight excluding hydrogens is 468 g/mol. The van der Waals surface area contributed by atoms with Crippen molar-refractivity contribution in [2.24, 2.45) is 0 Å². The quantitative estimate of drug-likeness (QED) is 0.358. The Morgan fingerprint density at radius 2 is 1.83 bits per heavy atom. The van der Waals surface area contributed by atoms with Crippen LogP contribution in [0.3, 0.4) is 0 Å². The summed E-state index contributed by atoms with van der Waals surface area (Å²) in [4.78, 5) is 16.5. The van der Waals surface area contributed by atoms with E-state index in [2.05, 4.69) is 51.2 Å². The van der Waals surface area contributed by atoms with Crippen LogP contribution < -0.4 is 20.3 Å². The maximum absolute atomic E-state index is 5.63. The van der Waals surface area contributed by atoms with E-state index in [4.69, 9.17) is 19.7 Å². The number of nitrogens with one attached hydrogen (secondary N) is 2. The smallest absolute Gasteiger partial charge is 0.225 e. The molecule has 2 aliphatic rings. The fourth-order valence-electron chi connectivity index (χ4n) is 5.18. The number of hydrogen-bond acceptors (Lipinski definition) is 8. The van der Waals surface area contributed by atoms with Gasteiger partial charge in [0.2, 0.25) is 5.95 Å². The Morgan fingerprint density at radius 1 is 1.00 bits per heavy atom. The minimum Gasteiger partial charge on any atom is -0.493 e. The van der Waals surface area contributed by atoms with Gasteiger partial charge in [0, 0.05) is 55.5 Å². The van der Waals surface area contributed by atoms with Crippen LogP contribution >= 0.6 is 11.3 Å². The summed E-state index contributed by atoms with van der Waals surface area (Å²) in [7, 11) is 4.06. The van der Waals surface area contributed by atoms with E-state index >= 15 is 0 Å². The molecule has 0 radical (unpaired) electrons. The van der Waals surface area contributed by atoms with Crippen molar-refractivity contribution >= 4 is 34.0 Å². The second-order valence-electron chi connectivity index (χ2n) is 9.92. The zero-order valence-electron chi connectivity index (χ0n) is 20.8. The lowest BCUT2D eigenvalue weighted by Gasteiger charge is -2.30. The highest BCUT2D eigenvalue weighted by Gasteiger charge is 2.22. The molecule has 0 atom stereocenters. The Kier molecular flexibility index (Phi) is 6.46. The molecule has 6 rings (SSSR count). The predicted octanol–water partition coefficient (Wildman–Crippen LogP) is 5.27. The van der Waals surface area contributed by atoms with Gasteiger partial charge in [0.05, 0.1) is 17.8 Å². The molecule has 7 nitrogen and oxygen atoms in total. The van der Waals surface area contributed by atoms with Crippen LogP contribution in [0.5, 0.6) is 5.75 Å². The van der Waals surface area contributed by atoms with E-state index in [0.717, 1.165) is 84.4 Å². The molecule has 0 bridgehead atoms. The summed E-state index contributed by atoms with van der Waals surface area (Å²) in [5, 5.41) is 11.7. The highest BCUT2D eigenvalue weighted by Crippen LogP contribution is 2.32. The molecule has 186 valence electrons. The molecule has 2 aromatic carbocycles. The fourth-order valence-corrected chi connectivity index (χ4v) is 6.00. The van der Waals surface area contributed by atoms with Crippen LogP contribution in [0.4, 0.5) is 11.8 Å². The van der Waals surface area contributed by atoms with Gasteiger partial charge < -0.3 is 20.3 Å². The fraction of sp³-hybridized carbons (Fsp3) is 0.393. The zero-order chi connectivity index (χ0) is 24.5. The lowest BCUT2D eigenvalue weighted by atomic mass is 9.91. The first kappa shape index (κ1) is 23.2. The molecular formula is C28H32N6OS. The van der Waals surface area contributed by atoms with E-state index in [-0.39, 0.29) is 0 Å². The third kappa shape index (κ3) is 4.88. The van der Waals surface area contributed by atoms with Crippen molar-refractivity contribution in [3.05, 3.63) is 59.1 Å². The summed E-state index contributed by atoms with van der Waals surface area (Å²) >= 11 is 1.72. The minimum absolute atomic E-state index is 0.397. The topological polar surface area (TPSA) is 75.2 Å². The predicted molar refractivity (Wildman–Crippen MR) is 147 cm³/mol. The largest absolute Gasteiger partial charge is 0.493 e. The average Bonchev–Trinajstić information content (AvgIpc) is 3.57. The normalized spacial score (nSPS) is 19.2. The van der Waals surface area contributed by atoms with Crippen molar-refractivity contribution < 1.29 is 4.74 Å². The van der Waals surface area contributed by atoms with Crippen LogP contribution in [0, 0.1) is 0 Å². The van der Waals surface area contributed by atoms with E-state index < -0.39 is 0 Å². The first-order valence-electron chi connectivity index (χ1n) is 12.8. The van der Waals surface area contributed by atoms with Crippen molar-refractivity contribution in [1.82, 2.24) is 20.3 Å². The first-order chi connectivity index (χ1) is 17.6. The second kappa shape index (κ2) is 10.0. The molecule has 8 heteroatoms. The third-order valence-electron chi connectivity index (χ3n) is 7.13. The van der Waals surface area contributed by atoms with Crippen molar-refractivity contribution in [1.29, 1.82) is 0 Å². The van der Waals surface area contributed by atoms with Crippen LogP contribution in [0.15, 0.2) is 47.8 Å². The average molecular weight is 501 g/mol. The van der Waals surface area contributed by atoms with E-state index in [0.29, 0.717) is 12.1 Å². The molecule has 0 spiro atoms. The van der Waals surface area contributed by atoms with Crippen molar-refractivity contribution in [3.63, 3.8) is 0 Å². The first-order valence-corrected chi connectivity index (χ1v) is 13.6. The van der Waals surface area contributed by atoms with Crippen LogP contribution in [-0.4, -0.2) is 47.7 Å². The summed E-state index contributed by atoms with van der Waals surface area (Å²) in [5.41, 5.74) is 4.58. The van der Waals surface area contributed by atoms with Crippen LogP contribution in [0.25, 0.3) is 21.5 Å². The van der Waals surface area contributed by atoms with Crippen molar-refractivity contribution in [2.75, 3.05) is 30.9 Å². The van der Waals surface area contributed by atoms with Gasteiger partial charge in [-0.3, -0.25) is 0 Å². The SMILES string of the molecule is CN(C)c1nc(N[C@H]2CC[C@@H](NCc3csc(-c4ccc5c(c4)CCO5)n3)CC2)nc2ccccc12. The van der Waals surface area contributed by atoms with Gasteiger partial charge in [-0.05, 0) is 61.6 Å². The van der Waals surface area contributed by atoms with Crippen LogP contribution in [-0.2, 0) is 13.0 Å². The highest BCUT2D eigenvalue weighted by molar-refractivity contribution is 7.13. The Labute approximate surface area is 216 Å². The number of ether oxygens (including phenoxy) is 1. The summed E-state index contributed by atoms with van der Waals surface area (Å²) in [5.74, 6) is 2.70. The second-order valence-corrected chi connectivity index (χ2v) is 10.8. The number of nitrogens with zero attached hydrogens (tertiary/aromatic N) is 4. The molecule has 4 aromatic rings. The zero-order valence-corrected chi connectivity index (χ0v) is 21.6. The van der Waals surface area contributed by atoms with Gasteiger partial charge in [-0.1, -0.05) is 12.1 Å². The Bertz CT molecular complexity index is 1360.